The fourth-order valence-electron chi connectivity index (χ4n) is 4.29. The van der Waals surface area contributed by atoms with Crippen LogP contribution in [0.4, 0.5) is 14.9 Å². The van der Waals surface area contributed by atoms with Gasteiger partial charge in [0.15, 0.2) is 0 Å². The SMILES string of the molecule is N#Cc1cccc(NC(=O)N(CCN2CCCC2)CC(=O)N(Cc2ccc(F)cc2)Cc2cccs2)c1. The van der Waals surface area contributed by atoms with Crippen LogP contribution in [0.1, 0.15) is 28.8 Å². The van der Waals surface area contributed by atoms with E-state index < -0.39 is 0 Å². The number of nitrogens with one attached hydrogen (secondary N) is 1. The molecule has 0 aliphatic carbocycles. The molecule has 3 aromatic rings. The summed E-state index contributed by atoms with van der Waals surface area (Å²) in [6, 6.07) is 18.4. The van der Waals surface area contributed by atoms with Gasteiger partial charge in [0, 0.05) is 30.2 Å². The van der Waals surface area contributed by atoms with Crippen molar-refractivity contribution >= 4 is 29.0 Å². The predicted octanol–water partition coefficient (Wildman–Crippen LogP) is 4.92. The van der Waals surface area contributed by atoms with Crippen LogP contribution in [0.5, 0.6) is 0 Å². The highest BCUT2D eigenvalue weighted by molar-refractivity contribution is 7.09. The highest BCUT2D eigenvalue weighted by Gasteiger charge is 2.24. The second kappa shape index (κ2) is 13.0. The number of urea groups is 1. The number of carbonyl (C=O) groups excluding carboxylic acids is 2. The topological polar surface area (TPSA) is 79.7 Å². The molecule has 9 heteroatoms. The Balaban J connectivity index is 1.50. The van der Waals surface area contributed by atoms with Gasteiger partial charge in [-0.1, -0.05) is 24.3 Å². The summed E-state index contributed by atoms with van der Waals surface area (Å²) in [4.78, 5) is 33.4. The van der Waals surface area contributed by atoms with Crippen molar-refractivity contribution in [3.05, 3.63) is 87.9 Å². The number of carbonyl (C=O) groups is 2. The standard InChI is InChI=1S/C28H30FN5O2S/c29-24-10-8-22(9-11-24)19-34(20-26-7-4-16-37-26)27(35)21-33(15-14-32-12-1-2-13-32)28(36)31-25-6-3-5-23(17-25)18-30/h3-11,16-17H,1-2,12-15,19-21H2,(H,31,36). The summed E-state index contributed by atoms with van der Waals surface area (Å²) in [6.45, 7) is 3.68. The number of hydrogen-bond acceptors (Lipinski definition) is 5. The average Bonchev–Trinajstić information content (AvgIpc) is 3.62. The fraction of sp³-hybridized carbons (Fsp3) is 0.321. The van der Waals surface area contributed by atoms with Gasteiger partial charge in [0.25, 0.3) is 0 Å². The van der Waals surface area contributed by atoms with Crippen molar-refractivity contribution in [3.63, 3.8) is 0 Å². The number of nitriles is 1. The summed E-state index contributed by atoms with van der Waals surface area (Å²) < 4.78 is 13.4. The maximum Gasteiger partial charge on any atom is 0.322 e. The molecular weight excluding hydrogens is 489 g/mol. The molecule has 1 aliphatic heterocycles. The number of anilines is 1. The van der Waals surface area contributed by atoms with Crippen LogP contribution in [-0.4, -0.2) is 59.4 Å². The van der Waals surface area contributed by atoms with E-state index in [-0.39, 0.29) is 24.3 Å². The van der Waals surface area contributed by atoms with E-state index in [1.165, 1.54) is 17.0 Å². The number of hydrogen-bond donors (Lipinski definition) is 1. The number of thiophene rings is 1. The molecular formula is C28H30FN5O2S. The van der Waals surface area contributed by atoms with Crippen LogP contribution in [0.2, 0.25) is 0 Å². The Hall–Kier alpha value is -3.74. The molecule has 1 fully saturated rings. The molecule has 192 valence electrons. The third kappa shape index (κ3) is 7.87. The lowest BCUT2D eigenvalue weighted by molar-refractivity contribution is -0.133. The van der Waals surface area contributed by atoms with Crippen molar-refractivity contribution in [2.24, 2.45) is 0 Å². The molecule has 3 amide bonds. The molecule has 0 radical (unpaired) electrons. The predicted molar refractivity (Wildman–Crippen MR) is 142 cm³/mol. The summed E-state index contributed by atoms with van der Waals surface area (Å²) >= 11 is 1.56. The lowest BCUT2D eigenvalue weighted by Crippen LogP contribution is -2.46. The first-order chi connectivity index (χ1) is 18.0. The summed E-state index contributed by atoms with van der Waals surface area (Å²) in [6.07, 6.45) is 2.27. The zero-order chi connectivity index (χ0) is 26.0. The number of rotatable bonds is 10. The first-order valence-corrected chi connectivity index (χ1v) is 13.2. The molecule has 2 heterocycles. The number of halogens is 1. The minimum atomic E-state index is -0.388. The molecule has 0 spiro atoms. The Morgan fingerprint density at radius 3 is 2.51 bits per heavy atom. The van der Waals surface area contributed by atoms with E-state index >= 15 is 0 Å². The Morgan fingerprint density at radius 1 is 1.03 bits per heavy atom. The Labute approximate surface area is 220 Å². The minimum Gasteiger partial charge on any atom is -0.332 e. The van der Waals surface area contributed by atoms with Gasteiger partial charge in [-0.15, -0.1) is 11.3 Å². The molecule has 0 atom stereocenters. The molecule has 1 N–H and O–H groups in total. The first-order valence-electron chi connectivity index (χ1n) is 12.3. The number of benzene rings is 2. The second-order valence-corrected chi connectivity index (χ2v) is 10.1. The van der Waals surface area contributed by atoms with Crippen molar-refractivity contribution in [1.29, 1.82) is 5.26 Å². The van der Waals surface area contributed by atoms with Gasteiger partial charge in [0.2, 0.25) is 5.91 Å². The fourth-order valence-corrected chi connectivity index (χ4v) is 5.01. The summed E-state index contributed by atoms with van der Waals surface area (Å²) in [5.74, 6) is -0.523. The first kappa shape index (κ1) is 26.3. The molecule has 1 aliphatic rings. The van der Waals surface area contributed by atoms with Crippen LogP contribution in [0.15, 0.2) is 66.0 Å². The van der Waals surface area contributed by atoms with Crippen molar-refractivity contribution < 1.29 is 14.0 Å². The zero-order valence-corrected chi connectivity index (χ0v) is 21.4. The monoisotopic (exact) mass is 519 g/mol. The normalized spacial score (nSPS) is 13.2. The highest BCUT2D eigenvalue weighted by Crippen LogP contribution is 2.17. The summed E-state index contributed by atoms with van der Waals surface area (Å²) in [7, 11) is 0. The average molecular weight is 520 g/mol. The molecule has 2 aromatic carbocycles. The molecule has 1 saturated heterocycles. The minimum absolute atomic E-state index is 0.0931. The highest BCUT2D eigenvalue weighted by atomic mass is 32.1. The van der Waals surface area contributed by atoms with E-state index in [1.807, 2.05) is 17.5 Å². The van der Waals surface area contributed by atoms with Crippen LogP contribution in [0, 0.1) is 17.1 Å². The maximum atomic E-state index is 13.6. The van der Waals surface area contributed by atoms with Crippen LogP contribution in [0.25, 0.3) is 0 Å². The Kier molecular flexibility index (Phi) is 9.24. The van der Waals surface area contributed by atoms with Crippen molar-refractivity contribution in [2.75, 3.05) is 38.0 Å². The van der Waals surface area contributed by atoms with Crippen molar-refractivity contribution in [2.45, 2.75) is 25.9 Å². The molecule has 0 bridgehead atoms. The molecule has 37 heavy (non-hydrogen) atoms. The molecule has 4 rings (SSSR count). The molecule has 0 unspecified atom stereocenters. The third-order valence-electron chi connectivity index (χ3n) is 6.31. The van der Waals surface area contributed by atoms with Crippen molar-refractivity contribution in [3.8, 4) is 6.07 Å². The zero-order valence-electron chi connectivity index (χ0n) is 20.6. The number of likely N-dealkylation sites (tertiary alicyclic amines) is 1. The number of nitrogens with zero attached hydrogens (tertiary/aromatic N) is 4. The van der Waals surface area contributed by atoms with Crippen LogP contribution in [0.3, 0.4) is 0 Å². The van der Waals surface area contributed by atoms with Gasteiger partial charge in [0.1, 0.15) is 12.4 Å². The van der Waals surface area contributed by atoms with Crippen LogP contribution in [-0.2, 0) is 17.9 Å². The van der Waals surface area contributed by atoms with Crippen LogP contribution < -0.4 is 5.32 Å². The van der Waals surface area contributed by atoms with Crippen LogP contribution >= 0.6 is 11.3 Å². The van der Waals surface area contributed by atoms with Gasteiger partial charge in [-0.25, -0.2) is 9.18 Å². The Bertz CT molecular complexity index is 1220. The quantitative estimate of drug-likeness (QED) is 0.413. The smallest absolute Gasteiger partial charge is 0.322 e. The van der Waals surface area contributed by atoms with Gasteiger partial charge in [-0.05, 0) is 73.3 Å². The van der Waals surface area contributed by atoms with Gasteiger partial charge < -0.3 is 20.0 Å². The van der Waals surface area contributed by atoms with Crippen molar-refractivity contribution in [1.82, 2.24) is 14.7 Å². The van der Waals surface area contributed by atoms with E-state index in [1.54, 1.807) is 52.6 Å². The second-order valence-electron chi connectivity index (χ2n) is 9.05. The van der Waals surface area contributed by atoms with Gasteiger partial charge in [-0.2, -0.15) is 5.26 Å². The van der Waals surface area contributed by atoms with Gasteiger partial charge in [0.05, 0.1) is 18.2 Å². The Morgan fingerprint density at radius 2 is 1.81 bits per heavy atom. The van der Waals surface area contributed by atoms with E-state index in [2.05, 4.69) is 16.3 Å². The van der Waals surface area contributed by atoms with Gasteiger partial charge in [-0.3, -0.25) is 4.79 Å². The van der Waals surface area contributed by atoms with E-state index in [0.717, 1.165) is 36.4 Å². The lowest BCUT2D eigenvalue weighted by Gasteiger charge is -2.29. The van der Waals surface area contributed by atoms with E-state index in [4.69, 9.17) is 0 Å². The number of amides is 3. The lowest BCUT2D eigenvalue weighted by atomic mass is 10.2. The van der Waals surface area contributed by atoms with E-state index in [9.17, 15) is 19.2 Å². The van der Waals surface area contributed by atoms with E-state index in [0.29, 0.717) is 37.4 Å². The molecule has 0 saturated carbocycles. The molecule has 7 nitrogen and oxygen atoms in total. The summed E-state index contributed by atoms with van der Waals surface area (Å²) in [5, 5.41) is 14.0. The maximum absolute atomic E-state index is 13.6. The summed E-state index contributed by atoms with van der Waals surface area (Å²) in [5.41, 5.74) is 1.76. The molecule has 1 aromatic heterocycles. The van der Waals surface area contributed by atoms with Gasteiger partial charge >= 0.3 is 6.03 Å². The largest absolute Gasteiger partial charge is 0.332 e. The third-order valence-corrected chi connectivity index (χ3v) is 7.17.